The molecule has 0 radical (unpaired) electrons. The molecule has 9 heteroatoms. The van der Waals surface area contributed by atoms with Crippen molar-refractivity contribution in [2.24, 2.45) is 0 Å². The summed E-state index contributed by atoms with van der Waals surface area (Å²) in [6, 6.07) is 6.24. The SMILES string of the molecule is CC(C)(C)OC(=O)N1CCC[C@H]1C(=O)OCC(=O)/C=C/c1ccc(/C=C/C(=O)COC=O)cc1. The second kappa shape index (κ2) is 12.5. The number of likely N-dealkylation sites (tertiary alicyclic amines) is 1. The van der Waals surface area contributed by atoms with Crippen LogP contribution in [-0.2, 0) is 33.4 Å². The van der Waals surface area contributed by atoms with Crippen LogP contribution in [0.3, 0.4) is 0 Å². The lowest BCUT2D eigenvalue weighted by Crippen LogP contribution is -2.44. The summed E-state index contributed by atoms with van der Waals surface area (Å²) < 4.78 is 14.8. The largest absolute Gasteiger partial charge is 0.460 e. The zero-order chi connectivity index (χ0) is 25.1. The number of ether oxygens (including phenoxy) is 3. The molecule has 0 bridgehead atoms. The van der Waals surface area contributed by atoms with Gasteiger partial charge in [0.15, 0.2) is 24.8 Å². The van der Waals surface area contributed by atoms with Crippen LogP contribution in [0, 0.1) is 0 Å². The van der Waals surface area contributed by atoms with E-state index in [1.165, 1.54) is 17.1 Å². The second-order valence-electron chi connectivity index (χ2n) is 8.61. The minimum absolute atomic E-state index is 0.211. The Kier molecular flexibility index (Phi) is 9.73. The van der Waals surface area contributed by atoms with Crippen LogP contribution < -0.4 is 0 Å². The standard InChI is InChI=1S/C25H29NO8/c1-25(2,3)34-24(31)26-14-4-5-22(26)23(30)33-16-21(29)13-11-19-8-6-18(7-9-19)10-12-20(28)15-32-17-27/h6-13,17,22H,4-5,14-16H2,1-3H3/b12-10+,13-11+/t22-/m0/s1. The molecule has 0 aliphatic carbocycles. The third-order valence-corrected chi connectivity index (χ3v) is 4.66. The van der Waals surface area contributed by atoms with Crippen LogP contribution in [-0.4, -0.2) is 66.4 Å². The van der Waals surface area contributed by atoms with Crippen molar-refractivity contribution in [3.63, 3.8) is 0 Å². The van der Waals surface area contributed by atoms with Gasteiger partial charge in [-0.3, -0.25) is 19.3 Å². The van der Waals surface area contributed by atoms with Crippen LogP contribution in [0.4, 0.5) is 4.79 Å². The molecule has 1 aromatic rings. The molecule has 1 saturated heterocycles. The average Bonchev–Trinajstić information content (AvgIpc) is 3.28. The normalized spacial score (nSPS) is 16.0. The fraction of sp³-hybridized carbons (Fsp3) is 0.400. The van der Waals surface area contributed by atoms with Crippen molar-refractivity contribution >= 4 is 42.3 Å². The number of esters is 1. The minimum atomic E-state index is -0.760. The Hall–Kier alpha value is -3.75. The molecule has 1 aliphatic heterocycles. The maximum absolute atomic E-state index is 12.4. The Morgan fingerprint density at radius 2 is 1.53 bits per heavy atom. The number of benzene rings is 1. The molecule has 1 aliphatic rings. The number of ketones is 2. The fourth-order valence-corrected chi connectivity index (χ4v) is 3.10. The minimum Gasteiger partial charge on any atom is -0.460 e. The highest BCUT2D eigenvalue weighted by molar-refractivity contribution is 5.96. The molecule has 0 N–H and O–H groups in total. The van der Waals surface area contributed by atoms with Crippen LogP contribution in [0.1, 0.15) is 44.7 Å². The van der Waals surface area contributed by atoms with Gasteiger partial charge in [0.05, 0.1) is 0 Å². The summed E-state index contributed by atoms with van der Waals surface area (Å²) in [4.78, 5) is 59.7. The Bertz CT molecular complexity index is 956. The molecule has 1 fully saturated rings. The van der Waals surface area contributed by atoms with Gasteiger partial charge in [-0.25, -0.2) is 9.59 Å². The van der Waals surface area contributed by atoms with Gasteiger partial charge in [0.2, 0.25) is 0 Å². The summed E-state index contributed by atoms with van der Waals surface area (Å²) >= 11 is 0. The molecule has 0 aromatic heterocycles. The Morgan fingerprint density at radius 3 is 2.06 bits per heavy atom. The molecular formula is C25H29NO8. The molecule has 1 aromatic carbocycles. The molecule has 1 atom stereocenters. The van der Waals surface area contributed by atoms with E-state index in [1.807, 2.05) is 0 Å². The van der Waals surface area contributed by atoms with Crippen molar-refractivity contribution in [3.8, 4) is 0 Å². The van der Waals surface area contributed by atoms with Gasteiger partial charge in [0, 0.05) is 6.54 Å². The van der Waals surface area contributed by atoms with Gasteiger partial charge in [-0.1, -0.05) is 36.4 Å². The number of carbonyl (C=O) groups excluding carboxylic acids is 5. The van der Waals surface area contributed by atoms with Crippen LogP contribution in [0.15, 0.2) is 36.4 Å². The molecule has 2 rings (SSSR count). The monoisotopic (exact) mass is 471 g/mol. The van der Waals surface area contributed by atoms with E-state index in [2.05, 4.69) is 4.74 Å². The Balaban J connectivity index is 1.83. The summed E-state index contributed by atoms with van der Waals surface area (Å²) in [7, 11) is 0. The lowest BCUT2D eigenvalue weighted by Gasteiger charge is -2.27. The molecule has 1 amide bonds. The second-order valence-corrected chi connectivity index (χ2v) is 8.61. The number of carbonyl (C=O) groups is 5. The maximum Gasteiger partial charge on any atom is 0.411 e. The smallest absolute Gasteiger partial charge is 0.411 e. The van der Waals surface area contributed by atoms with E-state index in [-0.39, 0.29) is 18.9 Å². The first-order valence-electron chi connectivity index (χ1n) is 10.8. The van der Waals surface area contributed by atoms with Crippen LogP contribution in [0.2, 0.25) is 0 Å². The van der Waals surface area contributed by atoms with Crippen LogP contribution in [0.5, 0.6) is 0 Å². The molecule has 0 unspecified atom stereocenters. The van der Waals surface area contributed by atoms with E-state index in [4.69, 9.17) is 9.47 Å². The zero-order valence-electron chi connectivity index (χ0n) is 19.5. The fourth-order valence-electron chi connectivity index (χ4n) is 3.10. The van der Waals surface area contributed by atoms with Crippen molar-refractivity contribution in [2.45, 2.75) is 45.3 Å². The van der Waals surface area contributed by atoms with Crippen molar-refractivity contribution in [1.82, 2.24) is 4.90 Å². The highest BCUT2D eigenvalue weighted by Gasteiger charge is 2.37. The predicted molar refractivity (Wildman–Crippen MR) is 123 cm³/mol. The summed E-state index contributed by atoms with van der Waals surface area (Å²) in [5, 5.41) is 0. The Labute approximate surface area is 198 Å². The van der Waals surface area contributed by atoms with E-state index < -0.39 is 36.1 Å². The van der Waals surface area contributed by atoms with E-state index in [1.54, 1.807) is 57.2 Å². The van der Waals surface area contributed by atoms with Gasteiger partial charge in [-0.15, -0.1) is 0 Å². The third kappa shape index (κ3) is 9.01. The lowest BCUT2D eigenvalue weighted by molar-refractivity contribution is -0.151. The highest BCUT2D eigenvalue weighted by atomic mass is 16.6. The van der Waals surface area contributed by atoms with Gasteiger partial charge < -0.3 is 14.2 Å². The lowest BCUT2D eigenvalue weighted by atomic mass is 10.1. The summed E-state index contributed by atoms with van der Waals surface area (Å²) in [5.74, 6) is -1.38. The summed E-state index contributed by atoms with van der Waals surface area (Å²) in [6.07, 6.45) is 6.31. The van der Waals surface area contributed by atoms with Gasteiger partial charge in [0.1, 0.15) is 11.6 Å². The van der Waals surface area contributed by atoms with Gasteiger partial charge >= 0.3 is 12.1 Å². The summed E-state index contributed by atoms with van der Waals surface area (Å²) in [5.41, 5.74) is 0.814. The van der Waals surface area contributed by atoms with Crippen molar-refractivity contribution < 1.29 is 38.2 Å². The number of nitrogens with zero attached hydrogens (tertiary/aromatic N) is 1. The first kappa shape index (κ1) is 26.5. The molecule has 9 nitrogen and oxygen atoms in total. The zero-order valence-corrected chi connectivity index (χ0v) is 19.5. The van der Waals surface area contributed by atoms with Gasteiger partial charge in [-0.05, 0) is 56.9 Å². The summed E-state index contributed by atoms with van der Waals surface area (Å²) in [6.45, 7) is 5.11. The molecular weight excluding hydrogens is 442 g/mol. The van der Waals surface area contributed by atoms with E-state index in [0.29, 0.717) is 19.4 Å². The van der Waals surface area contributed by atoms with Gasteiger partial charge in [-0.2, -0.15) is 0 Å². The van der Waals surface area contributed by atoms with E-state index >= 15 is 0 Å². The molecule has 182 valence electrons. The molecule has 34 heavy (non-hydrogen) atoms. The number of rotatable bonds is 10. The first-order chi connectivity index (χ1) is 16.1. The highest BCUT2D eigenvalue weighted by Crippen LogP contribution is 2.21. The Morgan fingerprint density at radius 1 is 0.971 bits per heavy atom. The number of amides is 1. The quantitative estimate of drug-likeness (QED) is 0.221. The van der Waals surface area contributed by atoms with E-state index in [9.17, 15) is 24.0 Å². The van der Waals surface area contributed by atoms with Gasteiger partial charge in [0.25, 0.3) is 6.47 Å². The maximum atomic E-state index is 12.4. The van der Waals surface area contributed by atoms with Crippen molar-refractivity contribution in [2.75, 3.05) is 19.8 Å². The molecule has 0 saturated carbocycles. The number of hydrogen-bond donors (Lipinski definition) is 0. The van der Waals surface area contributed by atoms with Crippen molar-refractivity contribution in [1.29, 1.82) is 0 Å². The predicted octanol–water partition coefficient (Wildman–Crippen LogP) is 2.97. The third-order valence-electron chi connectivity index (χ3n) is 4.66. The van der Waals surface area contributed by atoms with Crippen molar-refractivity contribution in [3.05, 3.63) is 47.5 Å². The topological polar surface area (TPSA) is 116 Å². The number of hydrogen-bond acceptors (Lipinski definition) is 8. The van der Waals surface area contributed by atoms with E-state index in [0.717, 1.165) is 11.1 Å². The molecule has 0 spiro atoms. The van der Waals surface area contributed by atoms with Crippen LogP contribution >= 0.6 is 0 Å². The average molecular weight is 472 g/mol. The first-order valence-corrected chi connectivity index (χ1v) is 10.8. The van der Waals surface area contributed by atoms with Crippen LogP contribution in [0.25, 0.3) is 12.2 Å². The molecule has 1 heterocycles.